The van der Waals surface area contributed by atoms with Crippen molar-refractivity contribution >= 4 is 42.4 Å². The maximum Gasteiger partial charge on any atom is 0.475 e. The molecule has 0 saturated carbocycles. The quantitative estimate of drug-likeness (QED) is 0.347. The Labute approximate surface area is 189 Å². The van der Waals surface area contributed by atoms with Crippen LogP contribution in [-0.2, 0) is 32.4 Å². The molecule has 2 saturated heterocycles. The second-order valence-electron chi connectivity index (χ2n) is 7.96. The Morgan fingerprint density at radius 1 is 1.38 bits per heavy atom. The summed E-state index contributed by atoms with van der Waals surface area (Å²) in [5.74, 6) is -0.578. The lowest BCUT2D eigenvalue weighted by Crippen LogP contribution is -2.33. The molecule has 5 atom stereocenters. The summed E-state index contributed by atoms with van der Waals surface area (Å²) >= 11 is 5.92. The number of nitrogen functional groups attached to an aromatic ring is 1. The van der Waals surface area contributed by atoms with Crippen LogP contribution in [0.4, 0.5) is 5.82 Å². The highest BCUT2D eigenvalue weighted by Crippen LogP contribution is 2.56. The van der Waals surface area contributed by atoms with Gasteiger partial charge in [0.05, 0.1) is 31.6 Å². The molecule has 0 amide bonds. The second-order valence-corrected chi connectivity index (χ2v) is 9.92. The topological polar surface area (TPSA) is 150 Å². The van der Waals surface area contributed by atoms with Crippen LogP contribution < -0.4 is 5.73 Å². The van der Waals surface area contributed by atoms with Crippen molar-refractivity contribution in [2.24, 2.45) is 5.92 Å². The van der Waals surface area contributed by atoms with Crippen LogP contribution in [0.1, 0.15) is 39.8 Å². The van der Waals surface area contributed by atoms with Gasteiger partial charge in [0.25, 0.3) is 0 Å². The van der Waals surface area contributed by atoms with Gasteiger partial charge in [0.2, 0.25) is 5.28 Å². The molecule has 2 aromatic rings. The summed E-state index contributed by atoms with van der Waals surface area (Å²) in [5, 5.41) is -0.00356. The normalized spacial score (nSPS) is 28.7. The van der Waals surface area contributed by atoms with E-state index in [1.54, 1.807) is 25.3 Å². The molecule has 0 aliphatic carbocycles. The number of phosphoric acid groups is 1. The Hall–Kier alpha value is -1.82. The molecule has 0 bridgehead atoms. The molecular weight excluding hydrogens is 465 g/mol. The van der Waals surface area contributed by atoms with Crippen molar-refractivity contribution in [3.8, 4) is 0 Å². The average molecular weight is 490 g/mol. The molecule has 14 heteroatoms. The van der Waals surface area contributed by atoms with E-state index in [9.17, 15) is 9.36 Å². The van der Waals surface area contributed by atoms with Crippen LogP contribution in [0.25, 0.3) is 11.2 Å². The Balaban J connectivity index is 1.36. The Bertz CT molecular complexity index is 1050. The molecule has 0 spiro atoms. The zero-order valence-electron chi connectivity index (χ0n) is 17.8. The van der Waals surface area contributed by atoms with Crippen LogP contribution >= 0.6 is 19.4 Å². The van der Waals surface area contributed by atoms with E-state index in [0.717, 1.165) is 0 Å². The molecule has 2 aliphatic rings. The summed E-state index contributed by atoms with van der Waals surface area (Å²) in [5.41, 5.74) is 6.68. The standard InChI is InChI=1S/C18H25ClN5O7P/c1-9(2)29-17(25)10(3)4-5-27-32(26)28-7-12-11(31-32)6-13(30-12)24-8-21-14-15(20)22-18(19)23-16(14)24/h8-13H,4-7H2,1-3H3,(H2,20,22,23)/t10-,11?,12+,13+,32?/m0/s1. The highest BCUT2D eigenvalue weighted by molar-refractivity contribution is 7.48. The molecule has 4 heterocycles. The van der Waals surface area contributed by atoms with Gasteiger partial charge in [0.15, 0.2) is 11.5 Å². The molecule has 4 rings (SSSR count). The molecule has 0 aromatic carbocycles. The number of carbonyl (C=O) groups excluding carboxylic acids is 1. The Morgan fingerprint density at radius 2 is 2.16 bits per heavy atom. The van der Waals surface area contributed by atoms with Gasteiger partial charge in [-0.3, -0.25) is 22.9 Å². The molecule has 2 aromatic heterocycles. The summed E-state index contributed by atoms with van der Waals surface area (Å²) in [6.45, 7) is 5.33. The maximum absolute atomic E-state index is 12.9. The largest absolute Gasteiger partial charge is 0.475 e. The number of phosphoric ester groups is 1. The minimum atomic E-state index is -3.79. The first-order chi connectivity index (χ1) is 15.1. The SMILES string of the molecule is CC(C)OC(=O)[C@@H](C)CCOP1(=O)OC[C@H]2O[C@@H](n3cnc4c(N)nc(Cl)nc43)CC2O1. The number of esters is 1. The van der Waals surface area contributed by atoms with Gasteiger partial charge >= 0.3 is 13.8 Å². The van der Waals surface area contributed by atoms with Crippen molar-refractivity contribution in [3.63, 3.8) is 0 Å². The van der Waals surface area contributed by atoms with Gasteiger partial charge in [-0.15, -0.1) is 0 Å². The zero-order chi connectivity index (χ0) is 23.0. The van der Waals surface area contributed by atoms with E-state index in [-0.39, 0.29) is 36.4 Å². The van der Waals surface area contributed by atoms with Crippen molar-refractivity contribution in [3.05, 3.63) is 11.6 Å². The first-order valence-electron chi connectivity index (χ1n) is 10.2. The van der Waals surface area contributed by atoms with Gasteiger partial charge in [-0.25, -0.2) is 9.55 Å². The molecule has 2 unspecified atom stereocenters. The van der Waals surface area contributed by atoms with Gasteiger partial charge in [0.1, 0.15) is 24.0 Å². The van der Waals surface area contributed by atoms with Crippen LogP contribution in [-0.4, -0.2) is 57.0 Å². The number of rotatable bonds is 7. The number of imidazole rings is 1. The van der Waals surface area contributed by atoms with Crippen LogP contribution in [0.15, 0.2) is 6.33 Å². The van der Waals surface area contributed by atoms with E-state index < -0.39 is 32.2 Å². The lowest BCUT2D eigenvalue weighted by atomic mass is 10.1. The zero-order valence-corrected chi connectivity index (χ0v) is 19.5. The predicted molar refractivity (Wildman–Crippen MR) is 113 cm³/mol. The maximum atomic E-state index is 12.9. The van der Waals surface area contributed by atoms with E-state index in [0.29, 0.717) is 24.0 Å². The smallest absolute Gasteiger partial charge is 0.463 e. The molecule has 32 heavy (non-hydrogen) atoms. The lowest BCUT2D eigenvalue weighted by Gasteiger charge is -2.30. The number of anilines is 1. The minimum absolute atomic E-state index is 0.00356. The number of hydrogen-bond acceptors (Lipinski definition) is 11. The fourth-order valence-electron chi connectivity index (χ4n) is 3.49. The number of hydrogen-bond donors (Lipinski definition) is 1. The van der Waals surface area contributed by atoms with Crippen LogP contribution in [0.5, 0.6) is 0 Å². The van der Waals surface area contributed by atoms with E-state index >= 15 is 0 Å². The summed E-state index contributed by atoms with van der Waals surface area (Å²) in [4.78, 5) is 24.2. The first kappa shape index (κ1) is 23.3. The van der Waals surface area contributed by atoms with Crippen LogP contribution in [0.2, 0.25) is 5.28 Å². The third-order valence-corrected chi connectivity index (χ3v) is 6.79. The summed E-state index contributed by atoms with van der Waals surface area (Å²) < 4.78 is 42.1. The molecule has 2 fully saturated rings. The fourth-order valence-corrected chi connectivity index (χ4v) is 5.07. The number of fused-ring (bicyclic) bond motifs is 2. The van der Waals surface area contributed by atoms with Crippen molar-refractivity contribution < 1.29 is 32.4 Å². The molecule has 0 radical (unpaired) electrons. The number of aromatic nitrogens is 4. The highest BCUT2D eigenvalue weighted by atomic mass is 35.5. The van der Waals surface area contributed by atoms with Crippen molar-refractivity contribution in [1.29, 1.82) is 0 Å². The highest BCUT2D eigenvalue weighted by Gasteiger charge is 2.48. The number of carbonyl (C=O) groups is 1. The third kappa shape index (κ3) is 4.90. The van der Waals surface area contributed by atoms with Gasteiger partial charge < -0.3 is 15.2 Å². The predicted octanol–water partition coefficient (Wildman–Crippen LogP) is 2.87. The fraction of sp³-hybridized carbons (Fsp3) is 0.667. The van der Waals surface area contributed by atoms with Crippen molar-refractivity contribution in [2.45, 2.75) is 58.2 Å². The summed E-state index contributed by atoms with van der Waals surface area (Å²) in [6.07, 6.45) is 0.550. The van der Waals surface area contributed by atoms with Gasteiger partial charge in [-0.2, -0.15) is 9.97 Å². The second kappa shape index (κ2) is 9.20. The van der Waals surface area contributed by atoms with Crippen LogP contribution in [0.3, 0.4) is 0 Å². The summed E-state index contributed by atoms with van der Waals surface area (Å²) in [7, 11) is -3.79. The first-order valence-corrected chi connectivity index (χ1v) is 12.1. The summed E-state index contributed by atoms with van der Waals surface area (Å²) in [6, 6.07) is 0. The average Bonchev–Trinajstić information content (AvgIpc) is 3.30. The van der Waals surface area contributed by atoms with Gasteiger partial charge in [-0.1, -0.05) is 6.92 Å². The minimum Gasteiger partial charge on any atom is -0.463 e. The van der Waals surface area contributed by atoms with Crippen LogP contribution in [0, 0.1) is 5.92 Å². The van der Waals surface area contributed by atoms with E-state index in [1.807, 2.05) is 0 Å². The molecule has 176 valence electrons. The Kier molecular flexibility index (Phi) is 6.71. The number of nitrogens with two attached hydrogens (primary N) is 1. The molecule has 12 nitrogen and oxygen atoms in total. The third-order valence-electron chi connectivity index (χ3n) is 5.13. The monoisotopic (exact) mass is 489 g/mol. The van der Waals surface area contributed by atoms with E-state index in [4.69, 9.17) is 40.4 Å². The lowest BCUT2D eigenvalue weighted by molar-refractivity contribution is -0.152. The van der Waals surface area contributed by atoms with Gasteiger partial charge in [-0.05, 0) is 31.9 Å². The number of ether oxygens (including phenoxy) is 2. The van der Waals surface area contributed by atoms with Crippen molar-refractivity contribution in [1.82, 2.24) is 19.5 Å². The van der Waals surface area contributed by atoms with Crippen molar-refractivity contribution in [2.75, 3.05) is 18.9 Å². The molecule has 2 N–H and O–H groups in total. The molecule has 2 aliphatic heterocycles. The van der Waals surface area contributed by atoms with E-state index in [1.165, 1.54) is 6.33 Å². The molecular formula is C18H25ClN5O7P. The number of halogens is 1. The number of nitrogens with zero attached hydrogens (tertiary/aromatic N) is 4. The van der Waals surface area contributed by atoms with Gasteiger partial charge in [0, 0.05) is 6.42 Å². The van der Waals surface area contributed by atoms with E-state index in [2.05, 4.69) is 15.0 Å². The Morgan fingerprint density at radius 3 is 2.91 bits per heavy atom.